The Morgan fingerprint density at radius 2 is 1.65 bits per heavy atom. The van der Waals surface area contributed by atoms with Crippen LogP contribution in [0.25, 0.3) is 28.1 Å². The molecule has 0 aliphatic heterocycles. The number of hydrogen-bond donors (Lipinski definition) is 0. The minimum atomic E-state index is 0.962. The number of benzene rings is 2. The Morgan fingerprint density at radius 1 is 0.950 bits per heavy atom. The van der Waals surface area contributed by atoms with E-state index < -0.39 is 0 Å². The van der Waals surface area contributed by atoms with Crippen molar-refractivity contribution >= 4 is 32.7 Å². The van der Waals surface area contributed by atoms with Crippen LogP contribution in [0, 0.1) is 0 Å². The summed E-state index contributed by atoms with van der Waals surface area (Å²) in [6.45, 7) is 0. The fourth-order valence-corrected chi connectivity index (χ4v) is 2.87. The van der Waals surface area contributed by atoms with Crippen LogP contribution in [0.4, 0.5) is 0 Å². The Bertz CT molecular complexity index is 916. The molecule has 0 aliphatic rings. The van der Waals surface area contributed by atoms with Gasteiger partial charge in [0.15, 0.2) is 0 Å². The molecule has 0 N–H and O–H groups in total. The summed E-state index contributed by atoms with van der Waals surface area (Å²) in [5, 5.41) is 0. The molecule has 20 heavy (non-hydrogen) atoms. The molecule has 0 saturated carbocycles. The fourth-order valence-electron chi connectivity index (χ4n) is 2.60. The molecular formula is C16H12BrN3. The van der Waals surface area contributed by atoms with Crippen molar-refractivity contribution in [2.24, 2.45) is 7.05 Å². The summed E-state index contributed by atoms with van der Waals surface area (Å²) in [6, 6.07) is 16.6. The number of nitrogens with zero attached hydrogens (tertiary/aromatic N) is 3. The fraction of sp³-hybridized carbons (Fsp3) is 0.0625. The van der Waals surface area contributed by atoms with Crippen molar-refractivity contribution in [3.8, 4) is 11.3 Å². The van der Waals surface area contributed by atoms with Crippen molar-refractivity contribution in [3.05, 3.63) is 59.2 Å². The van der Waals surface area contributed by atoms with Gasteiger partial charge in [-0.2, -0.15) is 0 Å². The second-order valence-corrected chi connectivity index (χ2v) is 5.77. The van der Waals surface area contributed by atoms with Gasteiger partial charge in [0.05, 0.1) is 16.7 Å². The van der Waals surface area contributed by atoms with Crippen LogP contribution >= 0.6 is 15.9 Å². The summed E-state index contributed by atoms with van der Waals surface area (Å²) in [5.74, 6) is 0.962. The van der Waals surface area contributed by atoms with Crippen LogP contribution in [-0.4, -0.2) is 14.0 Å². The molecule has 0 spiro atoms. The van der Waals surface area contributed by atoms with E-state index in [9.17, 15) is 0 Å². The van der Waals surface area contributed by atoms with E-state index >= 15 is 0 Å². The van der Waals surface area contributed by atoms with Crippen LogP contribution in [0.15, 0.2) is 59.2 Å². The first-order chi connectivity index (χ1) is 9.74. The summed E-state index contributed by atoms with van der Waals surface area (Å²) in [5.41, 5.74) is 4.49. The maximum atomic E-state index is 4.76. The number of fused-ring (bicyclic) bond motifs is 3. The normalized spacial score (nSPS) is 11.5. The molecule has 0 aliphatic carbocycles. The highest BCUT2D eigenvalue weighted by Crippen LogP contribution is 2.25. The first-order valence-corrected chi connectivity index (χ1v) is 7.22. The minimum absolute atomic E-state index is 0.962. The highest BCUT2D eigenvalue weighted by Gasteiger charge is 2.11. The molecule has 0 bridgehead atoms. The van der Waals surface area contributed by atoms with E-state index in [-0.39, 0.29) is 0 Å². The molecule has 0 saturated heterocycles. The lowest BCUT2D eigenvalue weighted by Crippen LogP contribution is -1.88. The predicted molar refractivity (Wildman–Crippen MR) is 84.8 cm³/mol. The van der Waals surface area contributed by atoms with Crippen LogP contribution in [0.1, 0.15) is 0 Å². The van der Waals surface area contributed by atoms with Gasteiger partial charge in [0.2, 0.25) is 5.78 Å². The Balaban J connectivity index is 1.99. The molecule has 0 atom stereocenters. The van der Waals surface area contributed by atoms with Crippen molar-refractivity contribution in [2.75, 3.05) is 0 Å². The average molecular weight is 326 g/mol. The van der Waals surface area contributed by atoms with Gasteiger partial charge in [-0.05, 0) is 24.3 Å². The van der Waals surface area contributed by atoms with E-state index in [0.29, 0.717) is 0 Å². The molecule has 4 rings (SSSR count). The molecular weight excluding hydrogens is 314 g/mol. The number of para-hydroxylation sites is 2. The average Bonchev–Trinajstić information content (AvgIpc) is 3.01. The molecule has 3 nitrogen and oxygen atoms in total. The molecule has 2 aromatic heterocycles. The lowest BCUT2D eigenvalue weighted by atomic mass is 10.2. The van der Waals surface area contributed by atoms with Crippen LogP contribution in [0.3, 0.4) is 0 Å². The summed E-state index contributed by atoms with van der Waals surface area (Å²) >= 11 is 3.46. The van der Waals surface area contributed by atoms with E-state index in [4.69, 9.17) is 4.98 Å². The zero-order chi connectivity index (χ0) is 13.7. The number of hydrogen-bond acceptors (Lipinski definition) is 1. The van der Waals surface area contributed by atoms with Gasteiger partial charge in [-0.15, -0.1) is 0 Å². The molecule has 4 aromatic rings. The maximum absolute atomic E-state index is 4.76. The quantitative estimate of drug-likeness (QED) is 0.512. The number of imidazole rings is 2. The van der Waals surface area contributed by atoms with Gasteiger partial charge in [-0.1, -0.05) is 40.2 Å². The number of rotatable bonds is 1. The Kier molecular flexibility index (Phi) is 2.47. The van der Waals surface area contributed by atoms with Crippen molar-refractivity contribution in [3.63, 3.8) is 0 Å². The summed E-state index contributed by atoms with van der Waals surface area (Å²) < 4.78 is 5.35. The molecule has 0 radical (unpaired) electrons. The van der Waals surface area contributed by atoms with Gasteiger partial charge in [-0.25, -0.2) is 4.98 Å². The largest absolute Gasteiger partial charge is 0.313 e. The topological polar surface area (TPSA) is 22.2 Å². The molecule has 4 heteroatoms. The second-order valence-electron chi connectivity index (χ2n) is 4.85. The van der Waals surface area contributed by atoms with Crippen LogP contribution in [0.2, 0.25) is 0 Å². The molecule has 98 valence electrons. The third-order valence-electron chi connectivity index (χ3n) is 3.63. The van der Waals surface area contributed by atoms with Crippen molar-refractivity contribution in [1.29, 1.82) is 0 Å². The van der Waals surface area contributed by atoms with Crippen molar-refractivity contribution < 1.29 is 0 Å². The van der Waals surface area contributed by atoms with Crippen LogP contribution < -0.4 is 0 Å². The smallest absolute Gasteiger partial charge is 0.215 e. The van der Waals surface area contributed by atoms with E-state index in [2.05, 4.69) is 74.5 Å². The second kappa shape index (κ2) is 4.21. The van der Waals surface area contributed by atoms with Crippen molar-refractivity contribution in [1.82, 2.24) is 14.0 Å². The summed E-state index contributed by atoms with van der Waals surface area (Å²) in [6.07, 6.45) is 2.10. The first kappa shape index (κ1) is 11.7. The Hall–Kier alpha value is -2.07. The number of halogens is 1. The van der Waals surface area contributed by atoms with E-state index in [1.54, 1.807) is 0 Å². The van der Waals surface area contributed by atoms with Gasteiger partial charge in [0.1, 0.15) is 0 Å². The monoisotopic (exact) mass is 325 g/mol. The maximum Gasteiger partial charge on any atom is 0.215 e. The number of aryl methyl sites for hydroxylation is 1. The molecule has 0 fully saturated rings. The standard InChI is InChI=1S/C16H12BrN3/c1-19-14-4-2-3-5-15(14)20-10-13(18-16(19)20)11-6-8-12(17)9-7-11/h2-10H,1H3. The highest BCUT2D eigenvalue weighted by atomic mass is 79.9. The lowest BCUT2D eigenvalue weighted by Gasteiger charge is -1.97. The summed E-state index contributed by atoms with van der Waals surface area (Å²) in [7, 11) is 2.05. The van der Waals surface area contributed by atoms with E-state index in [1.807, 2.05) is 12.1 Å². The third kappa shape index (κ3) is 1.61. The SMILES string of the molecule is Cn1c2ccccc2n2cc(-c3ccc(Br)cc3)nc12. The van der Waals surface area contributed by atoms with Crippen LogP contribution in [-0.2, 0) is 7.05 Å². The first-order valence-electron chi connectivity index (χ1n) is 6.42. The van der Waals surface area contributed by atoms with Gasteiger partial charge < -0.3 is 4.57 Å². The Labute approximate surface area is 124 Å². The van der Waals surface area contributed by atoms with Crippen molar-refractivity contribution in [2.45, 2.75) is 0 Å². The van der Waals surface area contributed by atoms with E-state index in [0.717, 1.165) is 21.5 Å². The molecule has 0 amide bonds. The number of aromatic nitrogens is 3. The van der Waals surface area contributed by atoms with Crippen LogP contribution in [0.5, 0.6) is 0 Å². The molecule has 2 aromatic carbocycles. The van der Waals surface area contributed by atoms with Gasteiger partial charge in [-0.3, -0.25) is 4.40 Å². The zero-order valence-corrected chi connectivity index (χ0v) is 12.5. The minimum Gasteiger partial charge on any atom is -0.313 e. The molecule has 2 heterocycles. The predicted octanol–water partition coefficient (Wildman–Crippen LogP) is 4.26. The highest BCUT2D eigenvalue weighted by molar-refractivity contribution is 9.10. The molecule has 0 unspecified atom stereocenters. The van der Waals surface area contributed by atoms with Gasteiger partial charge in [0, 0.05) is 23.3 Å². The lowest BCUT2D eigenvalue weighted by molar-refractivity contribution is 0.970. The van der Waals surface area contributed by atoms with E-state index in [1.165, 1.54) is 11.0 Å². The summed E-state index contributed by atoms with van der Waals surface area (Å²) in [4.78, 5) is 4.76. The van der Waals surface area contributed by atoms with Gasteiger partial charge in [0.25, 0.3) is 0 Å². The van der Waals surface area contributed by atoms with Gasteiger partial charge >= 0.3 is 0 Å². The zero-order valence-electron chi connectivity index (χ0n) is 10.9. The Morgan fingerprint density at radius 3 is 2.40 bits per heavy atom. The third-order valence-corrected chi connectivity index (χ3v) is 4.16.